The summed E-state index contributed by atoms with van der Waals surface area (Å²) >= 11 is 0. The molecule has 0 aromatic carbocycles. The van der Waals surface area contributed by atoms with E-state index in [1.54, 1.807) is 13.8 Å². The Balaban J connectivity index is 1.58. The Morgan fingerprint density at radius 1 is 1.40 bits per heavy atom. The number of rotatable bonds is 2. The molecule has 3 N–H and O–H groups in total. The zero-order valence-corrected chi connectivity index (χ0v) is 14.2. The summed E-state index contributed by atoms with van der Waals surface area (Å²) in [5.74, 6) is 1.25. The van der Waals surface area contributed by atoms with E-state index in [9.17, 15) is 4.79 Å². The van der Waals surface area contributed by atoms with E-state index in [0.717, 1.165) is 30.5 Å². The lowest BCUT2D eigenvalue weighted by Gasteiger charge is -2.32. The number of nitrogens with one attached hydrogen (secondary N) is 1. The van der Waals surface area contributed by atoms with Gasteiger partial charge in [0.15, 0.2) is 5.65 Å². The quantitative estimate of drug-likeness (QED) is 0.739. The molecule has 0 aliphatic carbocycles. The molecule has 1 fully saturated rings. The number of pyridine rings is 1. The molecular formula is C17H20N6O2. The van der Waals surface area contributed by atoms with Gasteiger partial charge in [-0.05, 0) is 38.8 Å². The number of hydrogen-bond acceptors (Lipinski definition) is 6. The number of aromatic nitrogens is 4. The predicted molar refractivity (Wildman–Crippen MR) is 92.2 cm³/mol. The number of nitrogens with two attached hydrogens (primary N) is 1. The Morgan fingerprint density at radius 3 is 3.00 bits per heavy atom. The van der Waals surface area contributed by atoms with Crippen LogP contribution < -0.4 is 5.73 Å². The zero-order chi connectivity index (χ0) is 17.6. The number of hydrogen-bond donors (Lipinski definition) is 2. The Morgan fingerprint density at radius 2 is 2.24 bits per heavy atom. The van der Waals surface area contributed by atoms with Crippen molar-refractivity contribution in [3.8, 4) is 0 Å². The molecule has 1 amide bonds. The first-order chi connectivity index (χ1) is 12.0. The van der Waals surface area contributed by atoms with E-state index in [2.05, 4.69) is 20.3 Å². The summed E-state index contributed by atoms with van der Waals surface area (Å²) in [4.78, 5) is 19.4. The highest BCUT2D eigenvalue weighted by Crippen LogP contribution is 2.29. The molecule has 0 radical (unpaired) electrons. The molecule has 3 aromatic heterocycles. The van der Waals surface area contributed by atoms with Crippen LogP contribution in [0.5, 0.6) is 0 Å². The van der Waals surface area contributed by atoms with Crippen LogP contribution in [0.3, 0.4) is 0 Å². The van der Waals surface area contributed by atoms with Crippen molar-refractivity contribution in [2.45, 2.75) is 32.6 Å². The molecule has 4 heterocycles. The Labute approximate surface area is 144 Å². The molecule has 0 spiro atoms. The first-order valence-corrected chi connectivity index (χ1v) is 8.37. The van der Waals surface area contributed by atoms with Gasteiger partial charge in [0.25, 0.3) is 5.91 Å². The van der Waals surface area contributed by atoms with E-state index < -0.39 is 0 Å². The van der Waals surface area contributed by atoms with E-state index in [0.29, 0.717) is 35.0 Å². The third-order valence-electron chi connectivity index (χ3n) is 4.84. The number of fused-ring (bicyclic) bond motifs is 1. The fourth-order valence-electron chi connectivity index (χ4n) is 3.51. The van der Waals surface area contributed by atoms with Crippen molar-refractivity contribution in [1.82, 2.24) is 25.2 Å². The van der Waals surface area contributed by atoms with Crippen LogP contribution in [0.1, 0.15) is 46.3 Å². The maximum atomic E-state index is 12.9. The van der Waals surface area contributed by atoms with Crippen molar-refractivity contribution in [2.24, 2.45) is 0 Å². The number of amides is 1. The van der Waals surface area contributed by atoms with Gasteiger partial charge in [-0.3, -0.25) is 9.89 Å². The van der Waals surface area contributed by atoms with Crippen LogP contribution in [0.25, 0.3) is 11.0 Å². The topological polar surface area (TPSA) is 114 Å². The second-order valence-electron chi connectivity index (χ2n) is 6.53. The lowest BCUT2D eigenvalue weighted by Crippen LogP contribution is -2.39. The van der Waals surface area contributed by atoms with Crippen molar-refractivity contribution in [3.63, 3.8) is 0 Å². The molecule has 0 saturated carbocycles. The molecule has 8 nitrogen and oxygen atoms in total. The average Bonchev–Trinajstić information content (AvgIpc) is 3.16. The van der Waals surface area contributed by atoms with Gasteiger partial charge in [0, 0.05) is 24.7 Å². The number of carbonyl (C=O) groups excluding carboxylic acids is 1. The minimum atomic E-state index is -0.0222. The smallest absolute Gasteiger partial charge is 0.259 e. The van der Waals surface area contributed by atoms with Crippen molar-refractivity contribution < 1.29 is 9.32 Å². The standard InChI is InChI=1S/C17H20N6O2/c1-9-14(10(2)25-22-9)17(24)23-7-3-4-11(8-23)13-6-5-12-15(18)20-21-16(12)19-13/h5-6,11H,3-4,7-8H2,1-2H3,(H3,18,19,20,21)/t11-/m1/s1. The Kier molecular flexibility index (Phi) is 3.67. The van der Waals surface area contributed by atoms with Gasteiger partial charge in [0.05, 0.1) is 11.1 Å². The summed E-state index contributed by atoms with van der Waals surface area (Å²) < 4.78 is 5.14. The molecule has 0 bridgehead atoms. The van der Waals surface area contributed by atoms with Crippen molar-refractivity contribution in [2.75, 3.05) is 18.8 Å². The number of H-pyrrole nitrogens is 1. The molecular weight excluding hydrogens is 320 g/mol. The number of carbonyl (C=O) groups is 1. The van der Waals surface area contributed by atoms with Gasteiger partial charge in [0.1, 0.15) is 17.1 Å². The van der Waals surface area contributed by atoms with Crippen molar-refractivity contribution >= 4 is 22.8 Å². The minimum Gasteiger partial charge on any atom is -0.384 e. The van der Waals surface area contributed by atoms with E-state index in [1.807, 2.05) is 17.0 Å². The van der Waals surface area contributed by atoms with Gasteiger partial charge in [0.2, 0.25) is 0 Å². The van der Waals surface area contributed by atoms with E-state index in [1.165, 1.54) is 0 Å². The number of anilines is 1. The number of nitrogen functional groups attached to an aromatic ring is 1. The zero-order valence-electron chi connectivity index (χ0n) is 14.2. The van der Waals surface area contributed by atoms with Gasteiger partial charge in [-0.1, -0.05) is 5.16 Å². The van der Waals surface area contributed by atoms with Crippen molar-refractivity contribution in [1.29, 1.82) is 0 Å². The van der Waals surface area contributed by atoms with Crippen LogP contribution in [0, 0.1) is 13.8 Å². The van der Waals surface area contributed by atoms with Crippen LogP contribution in [0.4, 0.5) is 5.82 Å². The van der Waals surface area contributed by atoms with Crippen molar-refractivity contribution in [3.05, 3.63) is 34.8 Å². The van der Waals surface area contributed by atoms with E-state index >= 15 is 0 Å². The summed E-state index contributed by atoms with van der Waals surface area (Å²) in [5, 5.41) is 11.6. The molecule has 8 heteroatoms. The number of nitrogens with zero attached hydrogens (tertiary/aromatic N) is 4. The molecule has 1 atom stereocenters. The maximum Gasteiger partial charge on any atom is 0.259 e. The lowest BCUT2D eigenvalue weighted by atomic mass is 9.93. The van der Waals surface area contributed by atoms with Gasteiger partial charge in [-0.25, -0.2) is 4.98 Å². The summed E-state index contributed by atoms with van der Waals surface area (Å²) in [6, 6.07) is 3.91. The molecule has 130 valence electrons. The molecule has 1 aliphatic rings. The average molecular weight is 340 g/mol. The van der Waals surface area contributed by atoms with Crippen LogP contribution in [0.15, 0.2) is 16.7 Å². The van der Waals surface area contributed by atoms with Gasteiger partial charge >= 0.3 is 0 Å². The highest BCUT2D eigenvalue weighted by atomic mass is 16.5. The number of aromatic amines is 1. The third kappa shape index (κ3) is 2.63. The molecule has 1 saturated heterocycles. The second kappa shape index (κ2) is 5.87. The fraction of sp³-hybridized carbons (Fsp3) is 0.412. The summed E-state index contributed by atoms with van der Waals surface area (Å²) in [7, 11) is 0. The fourth-order valence-corrected chi connectivity index (χ4v) is 3.51. The molecule has 3 aromatic rings. The normalized spacial score (nSPS) is 18.0. The summed E-state index contributed by atoms with van der Waals surface area (Å²) in [5.41, 5.74) is 8.59. The predicted octanol–water partition coefficient (Wildman–Crippen LogP) is 2.16. The third-order valence-corrected chi connectivity index (χ3v) is 4.84. The van der Waals surface area contributed by atoms with Gasteiger partial charge in [-0.15, -0.1) is 0 Å². The highest BCUT2D eigenvalue weighted by Gasteiger charge is 2.29. The maximum absolute atomic E-state index is 12.9. The van der Waals surface area contributed by atoms with Crippen LogP contribution in [-0.4, -0.2) is 44.2 Å². The second-order valence-corrected chi connectivity index (χ2v) is 6.53. The summed E-state index contributed by atoms with van der Waals surface area (Å²) in [6.45, 7) is 4.92. The Hall–Kier alpha value is -2.90. The van der Waals surface area contributed by atoms with Crippen LogP contribution >= 0.6 is 0 Å². The van der Waals surface area contributed by atoms with E-state index in [4.69, 9.17) is 10.3 Å². The first-order valence-electron chi connectivity index (χ1n) is 8.37. The van der Waals surface area contributed by atoms with E-state index in [-0.39, 0.29) is 11.8 Å². The molecule has 25 heavy (non-hydrogen) atoms. The number of piperidine rings is 1. The monoisotopic (exact) mass is 340 g/mol. The lowest BCUT2D eigenvalue weighted by molar-refractivity contribution is 0.0703. The summed E-state index contributed by atoms with van der Waals surface area (Å²) in [6.07, 6.45) is 1.92. The molecule has 1 aliphatic heterocycles. The highest BCUT2D eigenvalue weighted by molar-refractivity contribution is 5.96. The number of likely N-dealkylation sites (tertiary alicyclic amines) is 1. The minimum absolute atomic E-state index is 0.0222. The Bertz CT molecular complexity index is 924. The van der Waals surface area contributed by atoms with Gasteiger partial charge < -0.3 is 15.2 Å². The van der Waals surface area contributed by atoms with Crippen LogP contribution in [0.2, 0.25) is 0 Å². The largest absolute Gasteiger partial charge is 0.384 e. The first kappa shape index (κ1) is 15.6. The SMILES string of the molecule is Cc1noc(C)c1C(=O)N1CCC[C@@H](c2ccc3c(N)[nH]nc3n2)C1. The van der Waals surface area contributed by atoms with Gasteiger partial charge in [-0.2, -0.15) is 5.10 Å². The molecule has 0 unspecified atom stereocenters. The molecule has 4 rings (SSSR count). The van der Waals surface area contributed by atoms with Crippen LogP contribution in [-0.2, 0) is 0 Å². The number of aryl methyl sites for hydroxylation is 2.